The first kappa shape index (κ1) is 17.4. The molecule has 0 aromatic heterocycles. The molecule has 0 aliphatic heterocycles. The van der Waals surface area contributed by atoms with Crippen molar-refractivity contribution < 1.29 is 0 Å². The van der Waals surface area contributed by atoms with Gasteiger partial charge in [0.05, 0.1) is 0 Å². The van der Waals surface area contributed by atoms with Crippen molar-refractivity contribution in [1.29, 1.82) is 0 Å². The first-order valence-corrected chi connectivity index (χ1v) is 6.88. The lowest BCUT2D eigenvalue weighted by molar-refractivity contribution is 0.0964. The Kier molecular flexibility index (Phi) is 12.1. The summed E-state index contributed by atoms with van der Waals surface area (Å²) in [6.45, 7) is 14.4. The van der Waals surface area contributed by atoms with Gasteiger partial charge in [0.2, 0.25) is 0 Å². The summed E-state index contributed by atoms with van der Waals surface area (Å²) < 4.78 is 0. The number of nitrogens with zero attached hydrogens (tertiary/aromatic N) is 1. The first-order valence-electron chi connectivity index (χ1n) is 6.88. The van der Waals surface area contributed by atoms with Gasteiger partial charge in [-0.1, -0.05) is 54.4 Å². The van der Waals surface area contributed by atoms with Crippen molar-refractivity contribution in [3.05, 3.63) is 0 Å². The monoisotopic (exact) mass is 215 g/mol. The maximum Gasteiger partial charge on any atom is 0.0203 e. The second kappa shape index (κ2) is 10.5. The summed E-state index contributed by atoms with van der Waals surface area (Å²) in [7, 11) is 2.27. The highest BCUT2D eigenvalue weighted by molar-refractivity contribution is 4.86. The van der Waals surface area contributed by atoms with E-state index in [9.17, 15) is 0 Å². The fraction of sp³-hybridized carbons (Fsp3) is 1.00. The van der Waals surface area contributed by atoms with Gasteiger partial charge >= 0.3 is 0 Å². The minimum atomic E-state index is 0.484. The van der Waals surface area contributed by atoms with Crippen LogP contribution in [0.5, 0.6) is 0 Å². The first-order chi connectivity index (χ1) is 7.16. The fourth-order valence-corrected chi connectivity index (χ4v) is 2.40. The molecule has 0 bridgehead atoms. The van der Waals surface area contributed by atoms with E-state index in [1.54, 1.807) is 0 Å². The quantitative estimate of drug-likeness (QED) is 0.594. The Morgan fingerprint density at radius 1 is 0.867 bits per heavy atom. The minimum absolute atomic E-state index is 0.484. The van der Waals surface area contributed by atoms with E-state index in [2.05, 4.69) is 39.6 Å². The summed E-state index contributed by atoms with van der Waals surface area (Å²) >= 11 is 0. The molecule has 0 saturated carbocycles. The molecule has 0 rings (SSSR count). The second-order valence-corrected chi connectivity index (χ2v) is 4.09. The lowest BCUT2D eigenvalue weighted by atomic mass is 9.84. The molecule has 0 aliphatic carbocycles. The van der Waals surface area contributed by atoms with Gasteiger partial charge in [0.15, 0.2) is 0 Å². The maximum absolute atomic E-state index is 2.54. The van der Waals surface area contributed by atoms with E-state index in [4.69, 9.17) is 0 Å². The molecule has 0 radical (unpaired) electrons. The highest BCUT2D eigenvalue weighted by Gasteiger charge is 2.29. The van der Waals surface area contributed by atoms with Crippen molar-refractivity contribution in [3.8, 4) is 0 Å². The molecule has 0 spiro atoms. The third-order valence-electron chi connectivity index (χ3n) is 3.37. The average molecular weight is 215 g/mol. The molecule has 1 heteroatoms. The van der Waals surface area contributed by atoms with Gasteiger partial charge in [0, 0.05) is 5.54 Å². The van der Waals surface area contributed by atoms with Gasteiger partial charge in [-0.3, -0.25) is 0 Å². The van der Waals surface area contributed by atoms with Crippen LogP contribution in [0.1, 0.15) is 73.6 Å². The fourth-order valence-electron chi connectivity index (χ4n) is 2.40. The van der Waals surface area contributed by atoms with Crippen LogP contribution >= 0.6 is 0 Å². The topological polar surface area (TPSA) is 3.24 Å². The van der Waals surface area contributed by atoms with Crippen LogP contribution in [0.25, 0.3) is 0 Å². The predicted molar refractivity (Wildman–Crippen MR) is 72.5 cm³/mol. The van der Waals surface area contributed by atoms with E-state index in [1.165, 1.54) is 38.6 Å². The summed E-state index contributed by atoms with van der Waals surface area (Å²) in [6, 6.07) is 0. The highest BCUT2D eigenvalue weighted by Crippen LogP contribution is 2.29. The van der Waals surface area contributed by atoms with Crippen LogP contribution in [-0.4, -0.2) is 24.0 Å². The lowest BCUT2D eigenvalue weighted by Crippen LogP contribution is -2.45. The SMILES string of the molecule is CC.CCCC(CC)(CCC)N(C)CC. The van der Waals surface area contributed by atoms with E-state index < -0.39 is 0 Å². The molecule has 0 aliphatic rings. The van der Waals surface area contributed by atoms with Crippen molar-refractivity contribution in [3.63, 3.8) is 0 Å². The van der Waals surface area contributed by atoms with Crippen molar-refractivity contribution in [1.82, 2.24) is 4.90 Å². The Morgan fingerprint density at radius 3 is 1.47 bits per heavy atom. The molecule has 0 amide bonds. The Balaban J connectivity index is 0. The third kappa shape index (κ3) is 5.55. The summed E-state index contributed by atoms with van der Waals surface area (Å²) in [5, 5.41) is 0. The molecule has 1 nitrogen and oxygen atoms in total. The largest absolute Gasteiger partial charge is 0.301 e. The molecule has 0 saturated heterocycles. The van der Waals surface area contributed by atoms with E-state index in [-0.39, 0.29) is 0 Å². The Morgan fingerprint density at radius 2 is 1.27 bits per heavy atom. The normalized spacial score (nSPS) is 11.2. The van der Waals surface area contributed by atoms with Crippen LogP contribution in [0, 0.1) is 0 Å². The summed E-state index contributed by atoms with van der Waals surface area (Å²) in [6.07, 6.45) is 6.60. The summed E-state index contributed by atoms with van der Waals surface area (Å²) in [4.78, 5) is 2.54. The molecular weight excluding hydrogens is 182 g/mol. The lowest BCUT2D eigenvalue weighted by Gasteiger charge is -2.41. The molecule has 0 atom stereocenters. The van der Waals surface area contributed by atoms with Crippen LogP contribution in [0.3, 0.4) is 0 Å². The summed E-state index contributed by atoms with van der Waals surface area (Å²) in [5.41, 5.74) is 0.484. The van der Waals surface area contributed by atoms with Gasteiger partial charge in [-0.25, -0.2) is 0 Å². The minimum Gasteiger partial charge on any atom is -0.301 e. The van der Waals surface area contributed by atoms with Crippen LogP contribution in [-0.2, 0) is 0 Å². The Hall–Kier alpha value is -0.0400. The zero-order valence-corrected chi connectivity index (χ0v) is 12.2. The van der Waals surface area contributed by atoms with Gasteiger partial charge < -0.3 is 4.90 Å². The average Bonchev–Trinajstić information content (AvgIpc) is 2.30. The summed E-state index contributed by atoms with van der Waals surface area (Å²) in [5.74, 6) is 0. The van der Waals surface area contributed by atoms with Gasteiger partial charge in [-0.05, 0) is 32.9 Å². The standard InChI is InChI=1S/C12H27N.C2H6/c1-6-10-12(8-3,11-7-2)13(5)9-4;1-2/h6-11H2,1-5H3;1-2H3. The Labute approximate surface area is 98.2 Å². The van der Waals surface area contributed by atoms with Crippen LogP contribution in [0.15, 0.2) is 0 Å². The molecule has 0 aromatic carbocycles. The number of rotatable bonds is 7. The van der Waals surface area contributed by atoms with E-state index in [1.807, 2.05) is 13.8 Å². The van der Waals surface area contributed by atoms with Gasteiger partial charge in [-0.15, -0.1) is 0 Å². The van der Waals surface area contributed by atoms with Crippen molar-refractivity contribution in [2.45, 2.75) is 79.2 Å². The zero-order valence-electron chi connectivity index (χ0n) is 12.2. The molecule has 94 valence electrons. The van der Waals surface area contributed by atoms with Crippen LogP contribution in [0.4, 0.5) is 0 Å². The zero-order chi connectivity index (χ0) is 12.3. The molecular formula is C14H33N. The van der Waals surface area contributed by atoms with Gasteiger partial charge in [-0.2, -0.15) is 0 Å². The van der Waals surface area contributed by atoms with Crippen LogP contribution in [0.2, 0.25) is 0 Å². The third-order valence-corrected chi connectivity index (χ3v) is 3.37. The van der Waals surface area contributed by atoms with Crippen molar-refractivity contribution >= 4 is 0 Å². The second-order valence-electron chi connectivity index (χ2n) is 4.09. The Bertz CT molecular complexity index is 115. The molecule has 0 N–H and O–H groups in total. The molecule has 0 unspecified atom stereocenters. The van der Waals surface area contributed by atoms with E-state index >= 15 is 0 Å². The van der Waals surface area contributed by atoms with E-state index in [0.717, 1.165) is 0 Å². The highest BCUT2D eigenvalue weighted by atomic mass is 15.2. The van der Waals surface area contributed by atoms with Crippen LogP contribution < -0.4 is 0 Å². The molecule has 0 fully saturated rings. The van der Waals surface area contributed by atoms with Crippen molar-refractivity contribution in [2.24, 2.45) is 0 Å². The van der Waals surface area contributed by atoms with Gasteiger partial charge in [0.25, 0.3) is 0 Å². The van der Waals surface area contributed by atoms with Gasteiger partial charge in [0.1, 0.15) is 0 Å². The number of hydrogen-bond acceptors (Lipinski definition) is 1. The van der Waals surface area contributed by atoms with E-state index in [0.29, 0.717) is 5.54 Å². The smallest absolute Gasteiger partial charge is 0.0203 e. The number of hydrogen-bond donors (Lipinski definition) is 0. The molecule has 0 aromatic rings. The molecule has 15 heavy (non-hydrogen) atoms. The molecule has 0 heterocycles. The van der Waals surface area contributed by atoms with Crippen molar-refractivity contribution in [2.75, 3.05) is 13.6 Å². The predicted octanol–water partition coefficient (Wildman–Crippen LogP) is 4.71. The maximum atomic E-state index is 2.54.